The molecule has 0 aromatic heterocycles. The molecule has 2 heteroatoms. The van der Waals surface area contributed by atoms with Gasteiger partial charge in [-0.3, -0.25) is 4.79 Å². The van der Waals surface area contributed by atoms with Crippen molar-refractivity contribution in [3.8, 4) is 0 Å². The number of carbonyl (C=O) groups excluding carboxylic acids is 1. The van der Waals surface area contributed by atoms with Gasteiger partial charge in [0.2, 0.25) is 4.69 Å². The van der Waals surface area contributed by atoms with Crippen molar-refractivity contribution in [3.05, 3.63) is 12.7 Å². The molecule has 0 radical (unpaired) electrons. The van der Waals surface area contributed by atoms with E-state index in [1.807, 2.05) is 13.8 Å². The minimum Gasteiger partial charge on any atom is -0.286 e. The van der Waals surface area contributed by atoms with Crippen LogP contribution < -0.4 is 0 Å². The van der Waals surface area contributed by atoms with E-state index in [-0.39, 0.29) is 10.1 Å². The van der Waals surface area contributed by atoms with Crippen molar-refractivity contribution >= 4 is 20.6 Å². The smallest absolute Gasteiger partial charge is 0.203 e. The summed E-state index contributed by atoms with van der Waals surface area (Å²) >= 11 is 2.91. The predicted molar refractivity (Wildman–Crippen MR) is 42.5 cm³/mol. The van der Waals surface area contributed by atoms with Crippen molar-refractivity contribution in [1.29, 1.82) is 0 Å². The van der Waals surface area contributed by atoms with E-state index in [2.05, 4.69) is 22.5 Å². The van der Waals surface area contributed by atoms with Crippen molar-refractivity contribution < 1.29 is 4.79 Å². The van der Waals surface area contributed by atoms with Crippen LogP contribution in [-0.2, 0) is 4.79 Å². The molecule has 0 heterocycles. The molecule has 0 saturated heterocycles. The van der Waals surface area contributed by atoms with Crippen LogP contribution in [0.3, 0.4) is 0 Å². The number of hydrogen-bond acceptors (Lipinski definition) is 1. The molecule has 0 aliphatic heterocycles. The second kappa shape index (κ2) is 3.16. The third-order valence-electron chi connectivity index (χ3n) is 1.19. The average molecular weight is 191 g/mol. The number of hydrogen-bond donors (Lipinski definition) is 0. The first-order valence-electron chi connectivity index (χ1n) is 2.81. The molecule has 0 aromatic carbocycles. The molecule has 0 bridgehead atoms. The zero-order valence-electron chi connectivity index (χ0n) is 5.78. The van der Waals surface area contributed by atoms with E-state index in [0.29, 0.717) is 0 Å². The van der Waals surface area contributed by atoms with E-state index in [9.17, 15) is 4.79 Å². The van der Waals surface area contributed by atoms with Crippen LogP contribution in [0.2, 0.25) is 0 Å². The van der Waals surface area contributed by atoms with E-state index >= 15 is 0 Å². The van der Waals surface area contributed by atoms with Crippen LogP contribution in [0, 0.1) is 5.41 Å². The quantitative estimate of drug-likeness (QED) is 0.494. The molecule has 0 amide bonds. The summed E-state index contributed by atoms with van der Waals surface area (Å²) in [5.74, 6) is 0. The van der Waals surface area contributed by atoms with Gasteiger partial charge in [0, 0.05) is 5.41 Å². The minimum absolute atomic E-state index is 0.0369. The van der Waals surface area contributed by atoms with Crippen LogP contribution in [0.25, 0.3) is 0 Å². The Morgan fingerprint density at radius 1 is 1.78 bits per heavy atom. The lowest BCUT2D eigenvalue weighted by atomic mass is 9.92. The largest absolute Gasteiger partial charge is 0.286 e. The maximum absolute atomic E-state index is 10.7. The fourth-order valence-corrected chi connectivity index (χ4v) is 0.603. The third kappa shape index (κ3) is 2.80. The Balaban J connectivity index is 4.00. The van der Waals surface area contributed by atoms with Gasteiger partial charge in [-0.15, -0.1) is 6.58 Å². The van der Waals surface area contributed by atoms with Crippen molar-refractivity contribution in [2.24, 2.45) is 5.41 Å². The van der Waals surface area contributed by atoms with Crippen molar-refractivity contribution in [1.82, 2.24) is 0 Å². The summed E-state index contributed by atoms with van der Waals surface area (Å²) in [4.78, 5) is 10.7. The third-order valence-corrected chi connectivity index (χ3v) is 2.26. The maximum Gasteiger partial charge on any atom is 0.203 e. The monoisotopic (exact) mass is 190 g/mol. The topological polar surface area (TPSA) is 17.1 Å². The zero-order chi connectivity index (χ0) is 7.49. The minimum atomic E-state index is -0.290. The molecule has 0 atom stereocenters. The predicted octanol–water partition coefficient (Wildman–Crippen LogP) is 2.51. The molecular weight excluding hydrogens is 180 g/mol. The van der Waals surface area contributed by atoms with Gasteiger partial charge in [-0.05, 0) is 22.4 Å². The van der Waals surface area contributed by atoms with Crippen molar-refractivity contribution in [3.63, 3.8) is 0 Å². The van der Waals surface area contributed by atoms with Gasteiger partial charge in [-0.25, -0.2) is 0 Å². The van der Waals surface area contributed by atoms with Crippen LogP contribution in [0.4, 0.5) is 0 Å². The highest BCUT2D eigenvalue weighted by atomic mass is 79.9. The summed E-state index contributed by atoms with van der Waals surface area (Å²) in [6, 6.07) is 0. The molecule has 0 rings (SSSR count). The Morgan fingerprint density at radius 3 is 2.33 bits per heavy atom. The molecule has 0 N–H and O–H groups in total. The van der Waals surface area contributed by atoms with E-state index in [0.717, 1.165) is 6.42 Å². The molecule has 0 aliphatic carbocycles. The zero-order valence-corrected chi connectivity index (χ0v) is 7.36. The Morgan fingerprint density at radius 2 is 2.22 bits per heavy atom. The number of halogens is 1. The normalized spacial score (nSPS) is 11.0. The van der Waals surface area contributed by atoms with Crippen LogP contribution >= 0.6 is 15.9 Å². The standard InChI is InChI=1S/C7H11BrO/c1-4-5-7(2,3)6(8)9/h4H,1,5H2,2-3H3. The lowest BCUT2D eigenvalue weighted by Crippen LogP contribution is -2.17. The summed E-state index contributed by atoms with van der Waals surface area (Å²) in [6.07, 6.45) is 2.47. The second-order valence-electron chi connectivity index (χ2n) is 2.65. The summed E-state index contributed by atoms with van der Waals surface area (Å²) in [6.45, 7) is 7.32. The first-order chi connectivity index (χ1) is 4.00. The first kappa shape index (κ1) is 8.89. The van der Waals surface area contributed by atoms with Gasteiger partial charge in [-0.1, -0.05) is 19.9 Å². The van der Waals surface area contributed by atoms with Gasteiger partial charge in [-0.2, -0.15) is 0 Å². The molecule has 52 valence electrons. The van der Waals surface area contributed by atoms with Crippen LogP contribution in [0.5, 0.6) is 0 Å². The van der Waals surface area contributed by atoms with Crippen molar-refractivity contribution in [2.75, 3.05) is 0 Å². The Kier molecular flexibility index (Phi) is 3.12. The van der Waals surface area contributed by atoms with Crippen LogP contribution in [-0.4, -0.2) is 4.69 Å². The van der Waals surface area contributed by atoms with E-state index in [1.54, 1.807) is 6.08 Å². The lowest BCUT2D eigenvalue weighted by molar-refractivity contribution is -0.117. The lowest BCUT2D eigenvalue weighted by Gasteiger charge is -2.16. The fourth-order valence-electron chi connectivity index (χ4n) is 0.441. The van der Waals surface area contributed by atoms with Gasteiger partial charge >= 0.3 is 0 Å². The number of allylic oxidation sites excluding steroid dienone is 1. The van der Waals surface area contributed by atoms with E-state index in [4.69, 9.17) is 0 Å². The highest BCUT2D eigenvalue weighted by Gasteiger charge is 2.22. The van der Waals surface area contributed by atoms with Gasteiger partial charge in [0.15, 0.2) is 0 Å². The number of carbonyl (C=O) groups is 1. The van der Waals surface area contributed by atoms with Crippen LogP contribution in [0.15, 0.2) is 12.7 Å². The molecule has 0 saturated carbocycles. The number of rotatable bonds is 3. The molecule has 1 nitrogen and oxygen atoms in total. The van der Waals surface area contributed by atoms with Gasteiger partial charge in [0.1, 0.15) is 0 Å². The Hall–Kier alpha value is -0.110. The van der Waals surface area contributed by atoms with Crippen LogP contribution in [0.1, 0.15) is 20.3 Å². The average Bonchev–Trinajstić information content (AvgIpc) is 1.65. The maximum atomic E-state index is 10.7. The summed E-state index contributed by atoms with van der Waals surface area (Å²) in [5.41, 5.74) is -0.290. The molecule has 0 spiro atoms. The summed E-state index contributed by atoms with van der Waals surface area (Å²) < 4.78 is 0.0369. The first-order valence-corrected chi connectivity index (χ1v) is 3.61. The Bertz CT molecular complexity index is 127. The van der Waals surface area contributed by atoms with E-state index in [1.165, 1.54) is 0 Å². The molecule has 0 fully saturated rings. The highest BCUT2D eigenvalue weighted by Crippen LogP contribution is 2.24. The molecule has 9 heavy (non-hydrogen) atoms. The van der Waals surface area contributed by atoms with Gasteiger partial charge < -0.3 is 0 Å². The fraction of sp³-hybridized carbons (Fsp3) is 0.571. The molecular formula is C7H11BrO. The molecule has 0 aromatic rings. The summed E-state index contributed by atoms with van der Waals surface area (Å²) in [7, 11) is 0. The SMILES string of the molecule is C=CCC(C)(C)C(=O)Br. The van der Waals surface area contributed by atoms with Gasteiger partial charge in [0.25, 0.3) is 0 Å². The summed E-state index contributed by atoms with van der Waals surface area (Å²) in [5, 5.41) is 0. The highest BCUT2D eigenvalue weighted by molar-refractivity contribution is 9.18. The molecule has 0 unspecified atom stereocenters. The van der Waals surface area contributed by atoms with Gasteiger partial charge in [0.05, 0.1) is 0 Å². The Labute approximate surface area is 64.3 Å². The molecule has 0 aliphatic rings. The second-order valence-corrected chi connectivity index (χ2v) is 3.37. The van der Waals surface area contributed by atoms with E-state index < -0.39 is 0 Å². The van der Waals surface area contributed by atoms with Crippen molar-refractivity contribution in [2.45, 2.75) is 20.3 Å².